The summed E-state index contributed by atoms with van der Waals surface area (Å²) in [6, 6.07) is 9.61. The molecule has 0 fully saturated rings. The van der Waals surface area contributed by atoms with Crippen molar-refractivity contribution in [3.8, 4) is 22.4 Å². The van der Waals surface area contributed by atoms with Crippen molar-refractivity contribution < 1.29 is 4.42 Å². The zero-order valence-corrected chi connectivity index (χ0v) is 8.89. The molecule has 3 aromatic rings. The van der Waals surface area contributed by atoms with Crippen molar-refractivity contribution in [3.05, 3.63) is 35.8 Å². The maximum atomic E-state index is 5.50. The van der Waals surface area contributed by atoms with Gasteiger partial charge >= 0.3 is 0 Å². The maximum Gasteiger partial charge on any atom is 0.279 e. The van der Waals surface area contributed by atoms with Crippen LogP contribution in [-0.2, 0) is 0 Å². The molecule has 0 saturated heterocycles. The Morgan fingerprint density at radius 3 is 2.50 bits per heavy atom. The minimum Gasteiger partial charge on any atom is -0.414 e. The smallest absolute Gasteiger partial charge is 0.279 e. The second-order valence-electron chi connectivity index (χ2n) is 3.02. The van der Waals surface area contributed by atoms with Gasteiger partial charge in [0.1, 0.15) is 5.51 Å². The lowest BCUT2D eigenvalue weighted by molar-refractivity contribution is 0.583. The minimum atomic E-state index is 0.404. The fraction of sp³-hybridized carbons (Fsp3) is 0. The zero-order valence-electron chi connectivity index (χ0n) is 8.07. The van der Waals surface area contributed by atoms with Crippen LogP contribution in [0.3, 0.4) is 0 Å². The van der Waals surface area contributed by atoms with Gasteiger partial charge in [0.15, 0.2) is 0 Å². The Morgan fingerprint density at radius 2 is 1.75 bits per heavy atom. The lowest BCUT2D eigenvalue weighted by Crippen LogP contribution is -1.76. The van der Waals surface area contributed by atoms with E-state index in [2.05, 4.69) is 20.4 Å². The van der Waals surface area contributed by atoms with E-state index in [4.69, 9.17) is 4.42 Å². The molecule has 2 aromatic heterocycles. The molecule has 0 unspecified atom stereocenters. The van der Waals surface area contributed by atoms with Gasteiger partial charge in [-0.3, -0.25) is 0 Å². The van der Waals surface area contributed by atoms with Gasteiger partial charge in [-0.05, 0) is 12.1 Å². The standard InChI is InChI=1S/C10H6N4OS/c1-2-4-7(5-3-1)8-12-13-9(15-8)10-14-11-6-16-10/h1-6H. The summed E-state index contributed by atoms with van der Waals surface area (Å²) in [7, 11) is 0. The molecule has 0 atom stereocenters. The molecule has 0 aliphatic heterocycles. The number of rotatable bonds is 2. The van der Waals surface area contributed by atoms with Crippen molar-refractivity contribution in [2.75, 3.05) is 0 Å². The van der Waals surface area contributed by atoms with Crippen LogP contribution >= 0.6 is 11.3 Å². The molecule has 0 aliphatic rings. The first-order chi connectivity index (χ1) is 7.93. The highest BCUT2D eigenvalue weighted by molar-refractivity contribution is 7.12. The van der Waals surface area contributed by atoms with E-state index in [-0.39, 0.29) is 0 Å². The van der Waals surface area contributed by atoms with Gasteiger partial charge in [-0.1, -0.05) is 29.5 Å². The van der Waals surface area contributed by atoms with Crippen molar-refractivity contribution in [3.63, 3.8) is 0 Å². The summed E-state index contributed by atoms with van der Waals surface area (Å²) in [5.74, 6) is 0.896. The van der Waals surface area contributed by atoms with Crippen LogP contribution < -0.4 is 0 Å². The van der Waals surface area contributed by atoms with E-state index in [1.165, 1.54) is 11.3 Å². The van der Waals surface area contributed by atoms with E-state index in [1.807, 2.05) is 30.3 Å². The number of aromatic nitrogens is 4. The normalized spacial score (nSPS) is 10.5. The van der Waals surface area contributed by atoms with Crippen LogP contribution in [0.2, 0.25) is 0 Å². The lowest BCUT2D eigenvalue weighted by atomic mass is 10.2. The van der Waals surface area contributed by atoms with Crippen molar-refractivity contribution in [1.29, 1.82) is 0 Å². The number of hydrogen-bond donors (Lipinski definition) is 0. The van der Waals surface area contributed by atoms with Crippen molar-refractivity contribution in [1.82, 2.24) is 20.4 Å². The molecule has 1 aromatic carbocycles. The van der Waals surface area contributed by atoms with Crippen molar-refractivity contribution in [2.24, 2.45) is 0 Å². The van der Waals surface area contributed by atoms with E-state index in [1.54, 1.807) is 5.51 Å². The summed E-state index contributed by atoms with van der Waals surface area (Å²) in [6.07, 6.45) is 0. The topological polar surface area (TPSA) is 64.7 Å². The van der Waals surface area contributed by atoms with Gasteiger partial charge in [0.2, 0.25) is 10.9 Å². The molecule has 0 aliphatic carbocycles. The van der Waals surface area contributed by atoms with Gasteiger partial charge in [-0.2, -0.15) is 0 Å². The Labute approximate surface area is 94.8 Å². The van der Waals surface area contributed by atoms with E-state index in [0.717, 1.165) is 5.56 Å². The van der Waals surface area contributed by atoms with Crippen LogP contribution in [0.25, 0.3) is 22.4 Å². The lowest BCUT2D eigenvalue weighted by Gasteiger charge is -1.91. The Kier molecular flexibility index (Phi) is 2.19. The molecule has 0 bridgehead atoms. The SMILES string of the molecule is c1ccc(-c2nnc(-c3nncs3)o2)cc1. The molecule has 0 N–H and O–H groups in total. The molecule has 3 rings (SSSR count). The summed E-state index contributed by atoms with van der Waals surface area (Å²) in [5, 5.41) is 16.1. The fourth-order valence-corrected chi connectivity index (χ4v) is 1.75. The quantitative estimate of drug-likeness (QED) is 0.675. The molecular weight excluding hydrogens is 224 g/mol. The van der Waals surface area contributed by atoms with E-state index < -0.39 is 0 Å². The van der Waals surface area contributed by atoms with E-state index in [0.29, 0.717) is 16.8 Å². The molecule has 2 heterocycles. The van der Waals surface area contributed by atoms with Crippen LogP contribution in [0.15, 0.2) is 40.3 Å². The molecular formula is C10H6N4OS. The summed E-state index contributed by atoms with van der Waals surface area (Å²) >= 11 is 1.37. The van der Waals surface area contributed by atoms with E-state index >= 15 is 0 Å². The predicted octanol–water partition coefficient (Wildman–Crippen LogP) is 2.26. The molecule has 0 radical (unpaired) electrons. The van der Waals surface area contributed by atoms with Crippen LogP contribution in [0.1, 0.15) is 0 Å². The highest BCUT2D eigenvalue weighted by Gasteiger charge is 2.12. The maximum absolute atomic E-state index is 5.50. The van der Waals surface area contributed by atoms with Crippen molar-refractivity contribution in [2.45, 2.75) is 0 Å². The zero-order chi connectivity index (χ0) is 10.8. The third kappa shape index (κ3) is 1.59. The van der Waals surface area contributed by atoms with Crippen LogP contribution in [0.5, 0.6) is 0 Å². The molecule has 6 heteroatoms. The van der Waals surface area contributed by atoms with Crippen LogP contribution in [-0.4, -0.2) is 20.4 Å². The third-order valence-electron chi connectivity index (χ3n) is 1.99. The van der Waals surface area contributed by atoms with Gasteiger partial charge in [0.25, 0.3) is 5.89 Å². The average Bonchev–Trinajstić information content (AvgIpc) is 3.01. The first-order valence-electron chi connectivity index (χ1n) is 4.59. The van der Waals surface area contributed by atoms with Gasteiger partial charge in [-0.15, -0.1) is 20.4 Å². The Balaban J connectivity index is 2.00. The van der Waals surface area contributed by atoms with Gasteiger partial charge in [0, 0.05) is 5.56 Å². The van der Waals surface area contributed by atoms with Crippen LogP contribution in [0.4, 0.5) is 0 Å². The average molecular weight is 230 g/mol. The molecule has 78 valence electrons. The molecule has 0 amide bonds. The fourth-order valence-electron chi connectivity index (χ4n) is 1.27. The molecule has 16 heavy (non-hydrogen) atoms. The molecule has 5 nitrogen and oxygen atoms in total. The largest absolute Gasteiger partial charge is 0.414 e. The number of hydrogen-bond acceptors (Lipinski definition) is 6. The Hall–Kier alpha value is -2.08. The highest BCUT2D eigenvalue weighted by atomic mass is 32.1. The van der Waals surface area contributed by atoms with Gasteiger partial charge in [-0.25, -0.2) is 0 Å². The second-order valence-corrected chi connectivity index (χ2v) is 3.86. The van der Waals surface area contributed by atoms with E-state index in [9.17, 15) is 0 Å². The summed E-state index contributed by atoms with van der Waals surface area (Å²) in [5.41, 5.74) is 2.52. The highest BCUT2D eigenvalue weighted by Crippen LogP contribution is 2.23. The molecule has 0 saturated carbocycles. The van der Waals surface area contributed by atoms with Gasteiger partial charge < -0.3 is 4.42 Å². The summed E-state index contributed by atoms with van der Waals surface area (Å²) in [6.45, 7) is 0. The Bertz CT molecular complexity index is 576. The van der Waals surface area contributed by atoms with Crippen LogP contribution in [0, 0.1) is 0 Å². The summed E-state index contributed by atoms with van der Waals surface area (Å²) in [4.78, 5) is 0. The van der Waals surface area contributed by atoms with Crippen molar-refractivity contribution >= 4 is 11.3 Å². The summed E-state index contributed by atoms with van der Waals surface area (Å²) < 4.78 is 5.50. The number of nitrogens with zero attached hydrogens (tertiary/aromatic N) is 4. The Morgan fingerprint density at radius 1 is 0.938 bits per heavy atom. The first-order valence-corrected chi connectivity index (χ1v) is 5.47. The molecule has 0 spiro atoms. The first kappa shape index (κ1) is 9.17. The number of benzene rings is 1. The minimum absolute atomic E-state index is 0.404. The third-order valence-corrected chi connectivity index (χ3v) is 2.67. The second kappa shape index (κ2) is 3.82. The van der Waals surface area contributed by atoms with Gasteiger partial charge in [0.05, 0.1) is 0 Å². The monoisotopic (exact) mass is 230 g/mol. The predicted molar refractivity (Wildman–Crippen MR) is 58.6 cm³/mol.